The van der Waals surface area contributed by atoms with Gasteiger partial charge in [-0.05, 0) is 0 Å². The predicted molar refractivity (Wildman–Crippen MR) is 32.2 cm³/mol. The van der Waals surface area contributed by atoms with Crippen molar-refractivity contribution in [3.05, 3.63) is 10.1 Å². The van der Waals surface area contributed by atoms with Crippen molar-refractivity contribution in [2.24, 2.45) is 10.8 Å². The molecule has 0 fully saturated rings. The Bertz CT molecular complexity index is 192. The lowest BCUT2D eigenvalue weighted by molar-refractivity contribution is -0.485. The van der Waals surface area contributed by atoms with Gasteiger partial charge in [0.05, 0.1) is 6.07 Å². The second kappa shape index (κ2) is 4.08. The zero-order valence-electron chi connectivity index (χ0n) is 4.94. The highest BCUT2D eigenvalue weighted by atomic mass is 16.7. The van der Waals surface area contributed by atoms with E-state index in [4.69, 9.17) is 11.0 Å². The molecular weight excluding hydrogens is 138 g/mol. The van der Waals surface area contributed by atoms with Crippen molar-refractivity contribution in [1.29, 1.82) is 5.26 Å². The van der Waals surface area contributed by atoms with Crippen LogP contribution in [-0.2, 0) is 0 Å². The average molecular weight is 143 g/mol. The summed E-state index contributed by atoms with van der Waals surface area (Å²) in [5, 5.41) is 21.5. The number of hydrazone groups is 1. The highest BCUT2D eigenvalue weighted by molar-refractivity contribution is 5.77. The van der Waals surface area contributed by atoms with Crippen LogP contribution in [0.15, 0.2) is 5.10 Å². The lowest BCUT2D eigenvalue weighted by Gasteiger charge is -1.91. The highest BCUT2D eigenvalue weighted by Crippen LogP contribution is 1.67. The number of nitro groups is 1. The number of nitrogens with one attached hydrogen (secondary N) is 1. The van der Waals surface area contributed by atoms with Gasteiger partial charge < -0.3 is 11.1 Å². The zero-order valence-corrected chi connectivity index (χ0v) is 4.94. The molecule has 0 heterocycles. The molecule has 0 aliphatic heterocycles. The standard InChI is InChI=1S/C3H5N5O2/c4-1-2-6-3(5)7-8(9)10/h2H2,(H3,5,6,7). The summed E-state index contributed by atoms with van der Waals surface area (Å²) in [7, 11) is 0. The second-order valence-electron chi connectivity index (χ2n) is 1.23. The largest absolute Gasteiger partial charge is 0.365 e. The smallest absolute Gasteiger partial charge is 0.266 e. The summed E-state index contributed by atoms with van der Waals surface area (Å²) in [6.07, 6.45) is 0. The van der Waals surface area contributed by atoms with E-state index in [9.17, 15) is 10.1 Å². The van der Waals surface area contributed by atoms with Crippen molar-refractivity contribution in [3.63, 3.8) is 0 Å². The van der Waals surface area contributed by atoms with Crippen LogP contribution < -0.4 is 11.1 Å². The normalized spacial score (nSPS) is 10.1. The van der Waals surface area contributed by atoms with Crippen LogP contribution in [0.3, 0.4) is 0 Å². The SMILES string of the molecule is N#CCN/C(N)=N\[N+](=O)[O-]. The maximum atomic E-state index is 9.59. The molecule has 0 atom stereocenters. The van der Waals surface area contributed by atoms with Gasteiger partial charge in [-0.1, -0.05) is 0 Å². The van der Waals surface area contributed by atoms with Crippen molar-refractivity contribution in [2.45, 2.75) is 0 Å². The molecule has 10 heavy (non-hydrogen) atoms. The molecule has 0 spiro atoms. The van der Waals surface area contributed by atoms with E-state index in [2.05, 4.69) is 10.4 Å². The Morgan fingerprint density at radius 2 is 2.60 bits per heavy atom. The van der Waals surface area contributed by atoms with Crippen molar-refractivity contribution < 1.29 is 5.03 Å². The van der Waals surface area contributed by atoms with Gasteiger partial charge >= 0.3 is 0 Å². The maximum Gasteiger partial charge on any atom is 0.266 e. The van der Waals surface area contributed by atoms with Crippen LogP contribution in [0.1, 0.15) is 0 Å². The lowest BCUT2D eigenvalue weighted by Crippen LogP contribution is -2.32. The van der Waals surface area contributed by atoms with Gasteiger partial charge in [-0.25, -0.2) is 10.1 Å². The first-order valence-corrected chi connectivity index (χ1v) is 2.26. The molecule has 0 aromatic rings. The third kappa shape index (κ3) is 4.32. The molecule has 0 radical (unpaired) electrons. The van der Waals surface area contributed by atoms with Crippen LogP contribution in [0, 0.1) is 21.4 Å². The Labute approximate surface area is 56.3 Å². The Kier molecular flexibility index (Phi) is 3.33. The number of guanidine groups is 1. The van der Waals surface area contributed by atoms with E-state index in [1.165, 1.54) is 0 Å². The van der Waals surface area contributed by atoms with E-state index in [0.717, 1.165) is 0 Å². The fourth-order valence-electron chi connectivity index (χ4n) is 0.253. The van der Waals surface area contributed by atoms with Gasteiger partial charge in [0.15, 0.2) is 5.03 Å². The van der Waals surface area contributed by atoms with E-state index >= 15 is 0 Å². The number of hydrogen-bond donors (Lipinski definition) is 2. The first-order valence-electron chi connectivity index (χ1n) is 2.26. The summed E-state index contributed by atoms with van der Waals surface area (Å²) in [4.78, 5) is 9.59. The van der Waals surface area contributed by atoms with Crippen LogP contribution in [0.5, 0.6) is 0 Å². The fourth-order valence-corrected chi connectivity index (χ4v) is 0.253. The number of nitriles is 1. The first kappa shape index (κ1) is 8.16. The Morgan fingerprint density at radius 1 is 2.00 bits per heavy atom. The van der Waals surface area contributed by atoms with Crippen molar-refractivity contribution in [2.75, 3.05) is 6.54 Å². The van der Waals surface area contributed by atoms with Gasteiger partial charge in [0.1, 0.15) is 11.6 Å². The highest BCUT2D eigenvalue weighted by Gasteiger charge is 1.94. The van der Waals surface area contributed by atoms with E-state index in [1.807, 2.05) is 0 Å². The lowest BCUT2D eigenvalue weighted by atomic mass is 10.7. The molecule has 7 nitrogen and oxygen atoms in total. The molecule has 0 aromatic carbocycles. The van der Waals surface area contributed by atoms with E-state index in [1.54, 1.807) is 6.07 Å². The molecule has 0 aliphatic carbocycles. The molecular formula is C3H5N5O2. The molecule has 0 unspecified atom stereocenters. The van der Waals surface area contributed by atoms with Crippen LogP contribution in [0.25, 0.3) is 0 Å². The maximum absolute atomic E-state index is 9.59. The molecule has 54 valence electrons. The van der Waals surface area contributed by atoms with Gasteiger partial charge in [0.25, 0.3) is 5.96 Å². The van der Waals surface area contributed by atoms with Crippen molar-refractivity contribution in [3.8, 4) is 6.07 Å². The molecule has 0 aliphatic rings. The molecule has 0 saturated carbocycles. The summed E-state index contributed by atoms with van der Waals surface area (Å²) in [5.41, 5.74) is 4.91. The molecule has 0 rings (SSSR count). The van der Waals surface area contributed by atoms with Crippen LogP contribution in [0.4, 0.5) is 0 Å². The van der Waals surface area contributed by atoms with E-state index < -0.39 is 5.03 Å². The number of rotatable bonds is 2. The van der Waals surface area contributed by atoms with Gasteiger partial charge in [-0.2, -0.15) is 5.26 Å². The quantitative estimate of drug-likeness (QED) is 0.162. The van der Waals surface area contributed by atoms with E-state index in [-0.39, 0.29) is 12.5 Å². The average Bonchev–Trinajstić information content (AvgIpc) is 1.82. The Hall–Kier alpha value is -1.84. The molecule has 3 N–H and O–H groups in total. The minimum atomic E-state index is -0.945. The molecule has 0 saturated heterocycles. The second-order valence-corrected chi connectivity index (χ2v) is 1.23. The van der Waals surface area contributed by atoms with E-state index in [0.29, 0.717) is 0 Å². The van der Waals surface area contributed by atoms with Gasteiger partial charge in [0, 0.05) is 0 Å². The summed E-state index contributed by atoms with van der Waals surface area (Å²) in [6, 6.07) is 1.68. The topological polar surface area (TPSA) is 117 Å². The predicted octanol–water partition coefficient (Wildman–Crippen LogP) is -1.39. The summed E-state index contributed by atoms with van der Waals surface area (Å²) in [5.74, 6) is -0.369. The van der Waals surface area contributed by atoms with Crippen molar-refractivity contribution in [1.82, 2.24) is 5.32 Å². The van der Waals surface area contributed by atoms with Gasteiger partial charge in [0.2, 0.25) is 0 Å². The Morgan fingerprint density at radius 3 is 3.00 bits per heavy atom. The summed E-state index contributed by atoms with van der Waals surface area (Å²) < 4.78 is 0. The Balaban J connectivity index is 3.74. The minimum Gasteiger partial charge on any atom is -0.365 e. The van der Waals surface area contributed by atoms with Crippen LogP contribution in [-0.4, -0.2) is 17.5 Å². The van der Waals surface area contributed by atoms with Crippen molar-refractivity contribution >= 4 is 5.96 Å². The third-order valence-corrected chi connectivity index (χ3v) is 0.538. The van der Waals surface area contributed by atoms with Gasteiger partial charge in [-0.3, -0.25) is 0 Å². The number of nitrogens with zero attached hydrogens (tertiary/aromatic N) is 3. The van der Waals surface area contributed by atoms with Crippen LogP contribution in [0.2, 0.25) is 0 Å². The number of hydrogen-bond acceptors (Lipinski definition) is 3. The molecule has 0 aromatic heterocycles. The zero-order chi connectivity index (χ0) is 7.98. The van der Waals surface area contributed by atoms with Gasteiger partial charge in [-0.15, -0.1) is 0 Å². The number of nitrogens with two attached hydrogens (primary N) is 1. The molecule has 0 amide bonds. The fraction of sp³-hybridized carbons (Fsp3) is 0.333. The molecule has 7 heteroatoms. The van der Waals surface area contributed by atoms with Crippen LogP contribution >= 0.6 is 0 Å². The molecule has 0 bridgehead atoms. The summed E-state index contributed by atoms with van der Waals surface area (Å²) in [6.45, 7) is -0.0941. The first-order chi connectivity index (χ1) is 4.66. The summed E-state index contributed by atoms with van der Waals surface area (Å²) >= 11 is 0. The third-order valence-electron chi connectivity index (χ3n) is 0.538. The minimum absolute atomic E-state index is 0.0941. The monoisotopic (exact) mass is 143 g/mol.